The van der Waals surface area contributed by atoms with Crippen molar-refractivity contribution in [3.63, 3.8) is 0 Å². The lowest BCUT2D eigenvalue weighted by Crippen LogP contribution is -2.25. The SMILES string of the molecule is CN(C)CCCN(C)CCCOc1cccc(C(N)=S)c1. The van der Waals surface area contributed by atoms with Gasteiger partial charge in [0.2, 0.25) is 0 Å². The smallest absolute Gasteiger partial charge is 0.119 e. The van der Waals surface area contributed by atoms with E-state index in [0.717, 1.165) is 37.4 Å². The van der Waals surface area contributed by atoms with E-state index in [1.165, 1.54) is 6.42 Å². The fourth-order valence-corrected chi connectivity index (χ4v) is 2.16. The van der Waals surface area contributed by atoms with Crippen LogP contribution in [0.5, 0.6) is 5.75 Å². The van der Waals surface area contributed by atoms with Gasteiger partial charge in [0.05, 0.1) is 6.61 Å². The molecule has 0 saturated heterocycles. The molecular formula is C16H27N3OS. The minimum atomic E-state index is 0.404. The highest BCUT2D eigenvalue weighted by Crippen LogP contribution is 2.13. The molecule has 118 valence electrons. The summed E-state index contributed by atoms with van der Waals surface area (Å²) in [5.74, 6) is 0.829. The van der Waals surface area contributed by atoms with Gasteiger partial charge in [-0.15, -0.1) is 0 Å². The van der Waals surface area contributed by atoms with Crippen LogP contribution in [-0.2, 0) is 0 Å². The van der Waals surface area contributed by atoms with E-state index in [-0.39, 0.29) is 0 Å². The van der Waals surface area contributed by atoms with Crippen LogP contribution in [0.2, 0.25) is 0 Å². The van der Waals surface area contributed by atoms with Crippen molar-refractivity contribution < 1.29 is 4.74 Å². The number of nitrogens with two attached hydrogens (primary N) is 1. The Labute approximate surface area is 133 Å². The molecule has 0 aliphatic rings. The Kier molecular flexibility index (Phi) is 8.27. The molecule has 0 aromatic heterocycles. The largest absolute Gasteiger partial charge is 0.494 e. The van der Waals surface area contributed by atoms with E-state index < -0.39 is 0 Å². The third-order valence-electron chi connectivity index (χ3n) is 3.22. The van der Waals surface area contributed by atoms with E-state index in [1.54, 1.807) is 0 Å². The van der Waals surface area contributed by atoms with Gasteiger partial charge in [0.15, 0.2) is 0 Å². The summed E-state index contributed by atoms with van der Waals surface area (Å²) < 4.78 is 5.74. The minimum absolute atomic E-state index is 0.404. The van der Waals surface area contributed by atoms with Crippen molar-refractivity contribution in [2.75, 3.05) is 47.4 Å². The number of thiocarbonyl (C=S) groups is 1. The lowest BCUT2D eigenvalue weighted by atomic mass is 10.2. The molecule has 21 heavy (non-hydrogen) atoms. The topological polar surface area (TPSA) is 41.7 Å². The maximum Gasteiger partial charge on any atom is 0.119 e. The molecular weight excluding hydrogens is 282 g/mol. The van der Waals surface area contributed by atoms with E-state index >= 15 is 0 Å². The van der Waals surface area contributed by atoms with Crippen molar-refractivity contribution in [3.8, 4) is 5.75 Å². The fourth-order valence-electron chi connectivity index (χ4n) is 2.03. The average Bonchev–Trinajstić information content (AvgIpc) is 2.43. The number of hydrogen-bond donors (Lipinski definition) is 1. The lowest BCUT2D eigenvalue weighted by molar-refractivity contribution is 0.254. The molecule has 0 aliphatic heterocycles. The average molecular weight is 309 g/mol. The molecule has 2 N–H and O–H groups in total. The third-order valence-corrected chi connectivity index (χ3v) is 3.45. The van der Waals surface area contributed by atoms with Crippen molar-refractivity contribution >= 4 is 17.2 Å². The summed E-state index contributed by atoms with van der Waals surface area (Å²) in [6, 6.07) is 7.64. The number of hydrogen-bond acceptors (Lipinski definition) is 4. The summed E-state index contributed by atoms with van der Waals surface area (Å²) in [7, 11) is 6.37. The first-order valence-corrected chi connectivity index (χ1v) is 7.76. The first-order chi connectivity index (χ1) is 9.99. The Bertz CT molecular complexity index is 437. The first-order valence-electron chi connectivity index (χ1n) is 7.35. The summed E-state index contributed by atoms with van der Waals surface area (Å²) in [5.41, 5.74) is 6.46. The first kappa shape index (κ1) is 17.9. The van der Waals surface area contributed by atoms with Crippen LogP contribution < -0.4 is 10.5 Å². The second kappa shape index (κ2) is 9.71. The van der Waals surface area contributed by atoms with Gasteiger partial charge in [0, 0.05) is 12.1 Å². The molecule has 1 rings (SSSR count). The fraction of sp³-hybridized carbons (Fsp3) is 0.562. The van der Waals surface area contributed by atoms with Gasteiger partial charge in [-0.3, -0.25) is 0 Å². The lowest BCUT2D eigenvalue weighted by Gasteiger charge is -2.18. The number of rotatable bonds is 10. The predicted octanol–water partition coefficient (Wildman–Crippen LogP) is 1.97. The molecule has 0 atom stereocenters. The molecule has 4 nitrogen and oxygen atoms in total. The van der Waals surface area contributed by atoms with Crippen molar-refractivity contribution in [1.29, 1.82) is 0 Å². The van der Waals surface area contributed by atoms with Crippen LogP contribution in [0.4, 0.5) is 0 Å². The van der Waals surface area contributed by atoms with E-state index in [1.807, 2.05) is 24.3 Å². The normalized spacial score (nSPS) is 11.1. The number of benzene rings is 1. The van der Waals surface area contributed by atoms with Crippen LogP contribution in [0, 0.1) is 0 Å². The maximum absolute atomic E-state index is 5.74. The Morgan fingerprint density at radius 3 is 2.52 bits per heavy atom. The zero-order chi connectivity index (χ0) is 15.7. The monoisotopic (exact) mass is 309 g/mol. The molecule has 0 saturated carbocycles. The predicted molar refractivity (Wildman–Crippen MR) is 93.1 cm³/mol. The molecule has 0 fully saturated rings. The molecule has 0 amide bonds. The molecule has 1 aromatic carbocycles. The molecule has 0 spiro atoms. The molecule has 0 radical (unpaired) electrons. The van der Waals surface area contributed by atoms with Gasteiger partial charge in [-0.25, -0.2) is 0 Å². The summed E-state index contributed by atoms with van der Waals surface area (Å²) in [5, 5.41) is 0. The Morgan fingerprint density at radius 1 is 1.14 bits per heavy atom. The van der Waals surface area contributed by atoms with Crippen molar-refractivity contribution in [1.82, 2.24) is 9.80 Å². The second-order valence-electron chi connectivity index (χ2n) is 5.55. The summed E-state index contributed by atoms with van der Waals surface area (Å²) >= 11 is 4.96. The molecule has 0 unspecified atom stereocenters. The van der Waals surface area contributed by atoms with Gasteiger partial charge in [-0.05, 0) is 59.2 Å². The van der Waals surface area contributed by atoms with Crippen LogP contribution in [-0.4, -0.2) is 62.2 Å². The summed E-state index contributed by atoms with van der Waals surface area (Å²) in [6.45, 7) is 4.00. The Balaban J connectivity index is 2.19. The van der Waals surface area contributed by atoms with Gasteiger partial charge < -0.3 is 20.3 Å². The van der Waals surface area contributed by atoms with E-state index in [9.17, 15) is 0 Å². The van der Waals surface area contributed by atoms with Gasteiger partial charge >= 0.3 is 0 Å². The van der Waals surface area contributed by atoms with Crippen LogP contribution >= 0.6 is 12.2 Å². The highest BCUT2D eigenvalue weighted by molar-refractivity contribution is 7.80. The second-order valence-corrected chi connectivity index (χ2v) is 5.99. The molecule has 0 heterocycles. The zero-order valence-electron chi connectivity index (χ0n) is 13.3. The molecule has 0 bridgehead atoms. The van der Waals surface area contributed by atoms with E-state index in [0.29, 0.717) is 11.6 Å². The highest BCUT2D eigenvalue weighted by Gasteiger charge is 2.01. The van der Waals surface area contributed by atoms with Crippen molar-refractivity contribution in [2.24, 2.45) is 5.73 Å². The van der Waals surface area contributed by atoms with Crippen LogP contribution in [0.1, 0.15) is 18.4 Å². The Morgan fingerprint density at radius 2 is 1.86 bits per heavy atom. The van der Waals surface area contributed by atoms with Gasteiger partial charge in [0.25, 0.3) is 0 Å². The minimum Gasteiger partial charge on any atom is -0.494 e. The van der Waals surface area contributed by atoms with Crippen LogP contribution in [0.3, 0.4) is 0 Å². The van der Waals surface area contributed by atoms with Gasteiger partial charge in [-0.2, -0.15) is 0 Å². The standard InChI is InChI=1S/C16H27N3OS/c1-18(2)9-5-10-19(3)11-6-12-20-15-8-4-7-14(13-15)16(17)21/h4,7-8,13H,5-6,9-12H2,1-3H3,(H2,17,21). The number of nitrogens with zero attached hydrogens (tertiary/aromatic N) is 2. The van der Waals surface area contributed by atoms with Crippen molar-refractivity contribution in [3.05, 3.63) is 29.8 Å². The van der Waals surface area contributed by atoms with E-state index in [2.05, 4.69) is 30.9 Å². The molecule has 5 heteroatoms. The maximum atomic E-state index is 5.74. The zero-order valence-corrected chi connectivity index (χ0v) is 14.2. The molecule has 1 aromatic rings. The third kappa shape index (κ3) is 7.99. The van der Waals surface area contributed by atoms with Gasteiger partial charge in [0.1, 0.15) is 10.7 Å². The quantitative estimate of drug-likeness (QED) is 0.529. The summed E-state index contributed by atoms with van der Waals surface area (Å²) in [4.78, 5) is 4.96. The molecule has 0 aliphatic carbocycles. The van der Waals surface area contributed by atoms with Crippen LogP contribution in [0.15, 0.2) is 24.3 Å². The van der Waals surface area contributed by atoms with Crippen molar-refractivity contribution in [2.45, 2.75) is 12.8 Å². The highest BCUT2D eigenvalue weighted by atomic mass is 32.1. The summed E-state index contributed by atoms with van der Waals surface area (Å²) in [6.07, 6.45) is 2.20. The Hall–Kier alpha value is -1.17. The van der Waals surface area contributed by atoms with Gasteiger partial charge in [-0.1, -0.05) is 24.4 Å². The van der Waals surface area contributed by atoms with Crippen LogP contribution in [0.25, 0.3) is 0 Å². The van der Waals surface area contributed by atoms with E-state index in [4.69, 9.17) is 22.7 Å². The number of ether oxygens (including phenoxy) is 1.